The lowest BCUT2D eigenvalue weighted by Crippen LogP contribution is -2.35. The number of carboxylic acid groups (broad SMARTS) is 2. The van der Waals surface area contributed by atoms with Crippen LogP contribution in [0.3, 0.4) is 0 Å². The van der Waals surface area contributed by atoms with Crippen molar-refractivity contribution in [3.8, 4) is 34.6 Å². The highest BCUT2D eigenvalue weighted by atomic mass is 35.5. The molecule has 0 spiro atoms. The van der Waals surface area contributed by atoms with Crippen molar-refractivity contribution >= 4 is 35.1 Å². The summed E-state index contributed by atoms with van der Waals surface area (Å²) in [6.45, 7) is 0.452. The number of ether oxygens (including phenoxy) is 4. The number of halogens is 4. The summed E-state index contributed by atoms with van der Waals surface area (Å²) in [5, 5.41) is 19.8. The number of hydrogen-bond donors (Lipinski definition) is 2. The van der Waals surface area contributed by atoms with E-state index in [9.17, 15) is 28.6 Å². The zero-order chi connectivity index (χ0) is 38.5. The van der Waals surface area contributed by atoms with Crippen LogP contribution in [-0.2, 0) is 35.9 Å². The molecule has 2 N–H and O–H groups in total. The van der Waals surface area contributed by atoms with Gasteiger partial charge in [0.05, 0.1) is 24.3 Å². The molecule has 4 aromatic rings. The first-order chi connectivity index (χ1) is 25.9. The largest absolute Gasteiger partial charge is 0.481 e. The van der Waals surface area contributed by atoms with Crippen molar-refractivity contribution < 1.29 is 47.5 Å². The van der Waals surface area contributed by atoms with Crippen LogP contribution in [0.2, 0.25) is 10.0 Å². The maximum Gasteiger partial charge on any atom is 0.321 e. The van der Waals surface area contributed by atoms with Crippen LogP contribution in [0.25, 0.3) is 11.1 Å². The van der Waals surface area contributed by atoms with Crippen molar-refractivity contribution in [2.75, 3.05) is 27.3 Å². The van der Waals surface area contributed by atoms with E-state index < -0.39 is 36.4 Å². The minimum atomic E-state index is -1.22. The quantitative estimate of drug-likeness (QED) is 0.134. The van der Waals surface area contributed by atoms with Crippen molar-refractivity contribution in [1.29, 1.82) is 0 Å². The second-order valence-corrected chi connectivity index (χ2v) is 13.8. The summed E-state index contributed by atoms with van der Waals surface area (Å²) in [4.78, 5) is 35.2. The minimum absolute atomic E-state index is 0.0100. The molecular formula is C38H38Cl2F2N4O8. The van der Waals surface area contributed by atoms with Gasteiger partial charge in [-0.05, 0) is 12.1 Å². The molecule has 0 radical (unpaired) electrons. The highest BCUT2D eigenvalue weighted by Gasteiger charge is 2.38. The van der Waals surface area contributed by atoms with Gasteiger partial charge >= 0.3 is 11.9 Å². The van der Waals surface area contributed by atoms with Crippen LogP contribution in [0.4, 0.5) is 8.78 Å². The minimum Gasteiger partial charge on any atom is -0.481 e. The summed E-state index contributed by atoms with van der Waals surface area (Å²) in [7, 11) is 2.88. The lowest BCUT2D eigenvalue weighted by molar-refractivity contribution is -0.143. The van der Waals surface area contributed by atoms with Gasteiger partial charge in [-0.1, -0.05) is 59.6 Å². The van der Waals surface area contributed by atoms with Gasteiger partial charge in [0.2, 0.25) is 23.5 Å². The van der Waals surface area contributed by atoms with Crippen LogP contribution in [0.15, 0.2) is 60.7 Å². The fourth-order valence-electron chi connectivity index (χ4n) is 6.76. The van der Waals surface area contributed by atoms with Gasteiger partial charge in [-0.15, -0.1) is 0 Å². The number of aliphatic carboxylic acids is 2. The van der Waals surface area contributed by atoms with E-state index in [0.717, 1.165) is 0 Å². The normalized spacial score (nSPS) is 20.2. The molecular weight excluding hydrogens is 749 g/mol. The number of pyridine rings is 2. The first-order valence-corrected chi connectivity index (χ1v) is 17.8. The zero-order valence-corrected chi connectivity index (χ0v) is 30.9. The molecule has 286 valence electrons. The third-order valence-electron chi connectivity index (χ3n) is 9.43. The van der Waals surface area contributed by atoms with E-state index in [2.05, 4.69) is 9.97 Å². The first-order valence-electron chi connectivity index (χ1n) is 17.1. The number of carbonyl (C=O) groups is 2. The fraction of sp³-hybridized carbons (Fsp3) is 0.368. The van der Waals surface area contributed by atoms with E-state index in [0.29, 0.717) is 43.4 Å². The Labute approximate surface area is 320 Å². The van der Waals surface area contributed by atoms with Gasteiger partial charge in [0.25, 0.3) is 0 Å². The highest BCUT2D eigenvalue weighted by molar-refractivity contribution is 6.37. The highest BCUT2D eigenvalue weighted by Crippen LogP contribution is 2.38. The van der Waals surface area contributed by atoms with Gasteiger partial charge < -0.3 is 29.2 Å². The molecule has 2 fully saturated rings. The maximum absolute atomic E-state index is 14.0. The van der Waals surface area contributed by atoms with Crippen LogP contribution < -0.4 is 18.9 Å². The van der Waals surface area contributed by atoms with Crippen LogP contribution in [-0.4, -0.2) is 93.7 Å². The van der Waals surface area contributed by atoms with Gasteiger partial charge in [0.1, 0.15) is 37.6 Å². The molecule has 0 aliphatic carbocycles. The number of nitrogens with zero attached hydrogens (tertiary/aromatic N) is 4. The summed E-state index contributed by atoms with van der Waals surface area (Å²) in [6, 6.07) is 15.8. The second kappa shape index (κ2) is 17.1. The van der Waals surface area contributed by atoms with Gasteiger partial charge in [-0.2, -0.15) is 9.97 Å². The van der Waals surface area contributed by atoms with E-state index in [-0.39, 0.29) is 75.8 Å². The summed E-state index contributed by atoms with van der Waals surface area (Å²) in [6.07, 6.45) is -2.57. The van der Waals surface area contributed by atoms with Crippen LogP contribution >= 0.6 is 23.2 Å². The molecule has 2 saturated heterocycles. The fourth-order valence-corrected chi connectivity index (χ4v) is 7.32. The first kappa shape index (κ1) is 38.9. The third-order valence-corrected chi connectivity index (χ3v) is 10.3. The Morgan fingerprint density at radius 3 is 1.46 bits per heavy atom. The molecule has 0 amide bonds. The van der Waals surface area contributed by atoms with Crippen molar-refractivity contribution in [1.82, 2.24) is 19.8 Å². The van der Waals surface area contributed by atoms with Crippen molar-refractivity contribution in [2.24, 2.45) is 0 Å². The number of likely N-dealkylation sites (tertiary alicyclic amines) is 2. The topological polar surface area (TPSA) is 144 Å². The molecule has 2 aromatic carbocycles. The average Bonchev–Trinajstić information content (AvgIpc) is 3.72. The summed E-state index contributed by atoms with van der Waals surface area (Å²) in [5.41, 5.74) is 3.85. The van der Waals surface area contributed by atoms with E-state index in [4.69, 9.17) is 42.1 Å². The van der Waals surface area contributed by atoms with Crippen LogP contribution in [0, 0.1) is 0 Å². The van der Waals surface area contributed by atoms with Gasteiger partial charge in [0.15, 0.2) is 0 Å². The number of benzene rings is 2. The predicted molar refractivity (Wildman–Crippen MR) is 195 cm³/mol. The molecule has 2 aliphatic rings. The third kappa shape index (κ3) is 8.78. The number of rotatable bonds is 15. The standard InChI is InChI=1S/C38H38Cl2F2N4O8/c1-51-35-21(15-45-17-25(41)13-29(45)37(47)48)9-11-31(43-35)53-19-23-5-3-7-27(33(23)39)28-8-4-6-24(34(28)40)20-54-32-12-10-22(36(44-32)52-2)16-46-18-26(42)14-30(46)38(49)50/h3-12,25-26,29-30H,13-20H2,1-2H3,(H,47,48)(H,49,50)/t25-,26-,29-,30-/m0/s1. The molecule has 6 rings (SSSR count). The average molecular weight is 788 g/mol. The van der Waals surface area contributed by atoms with Crippen LogP contribution in [0.5, 0.6) is 23.5 Å². The van der Waals surface area contributed by atoms with E-state index >= 15 is 0 Å². The Bertz CT molecular complexity index is 1870. The number of methoxy groups -OCH3 is 2. The predicted octanol–water partition coefficient (Wildman–Crippen LogP) is 6.62. The van der Waals surface area contributed by atoms with Gasteiger partial charge in [-0.3, -0.25) is 19.4 Å². The lowest BCUT2D eigenvalue weighted by Gasteiger charge is -2.21. The molecule has 4 atom stereocenters. The molecule has 4 heterocycles. The summed E-state index contributed by atoms with van der Waals surface area (Å²) in [5.74, 6) is -1.17. The Morgan fingerprint density at radius 1 is 0.685 bits per heavy atom. The molecule has 16 heteroatoms. The number of alkyl halides is 2. The smallest absolute Gasteiger partial charge is 0.321 e. The SMILES string of the molecule is COc1nc(OCc2cccc(-c3cccc(COc4ccc(CN5C[C@@H](F)C[C@H]5C(=O)O)c(OC)n4)c3Cl)c2Cl)ccc1CN1C[C@@H](F)C[C@H]1C(=O)O. The summed E-state index contributed by atoms with van der Waals surface area (Å²) < 4.78 is 50.8. The van der Waals surface area contributed by atoms with E-state index in [1.54, 1.807) is 34.1 Å². The number of hydrogen-bond acceptors (Lipinski definition) is 10. The molecule has 0 bridgehead atoms. The Morgan fingerprint density at radius 2 is 1.09 bits per heavy atom. The Balaban J connectivity index is 1.11. The monoisotopic (exact) mass is 786 g/mol. The molecule has 2 aliphatic heterocycles. The Hall–Kier alpha value is -4.76. The van der Waals surface area contributed by atoms with Gasteiger partial charge in [0, 0.05) is 84.5 Å². The molecule has 54 heavy (non-hydrogen) atoms. The lowest BCUT2D eigenvalue weighted by atomic mass is 10.0. The van der Waals surface area contributed by atoms with Crippen molar-refractivity contribution in [2.45, 2.75) is 63.6 Å². The van der Waals surface area contributed by atoms with E-state index in [1.807, 2.05) is 36.4 Å². The molecule has 0 saturated carbocycles. The Kier molecular flexibility index (Phi) is 12.4. The molecule has 0 unspecified atom stereocenters. The van der Waals surface area contributed by atoms with Gasteiger partial charge in [-0.25, -0.2) is 8.78 Å². The number of aromatic nitrogens is 2. The molecule has 12 nitrogen and oxygen atoms in total. The molecule has 2 aromatic heterocycles. The van der Waals surface area contributed by atoms with E-state index in [1.165, 1.54) is 14.2 Å². The second-order valence-electron chi connectivity index (χ2n) is 13.0. The summed E-state index contributed by atoms with van der Waals surface area (Å²) >= 11 is 13.8. The van der Waals surface area contributed by atoms with Crippen molar-refractivity contribution in [3.05, 3.63) is 93.0 Å². The number of carboxylic acids is 2. The zero-order valence-electron chi connectivity index (χ0n) is 29.4. The van der Waals surface area contributed by atoms with Crippen molar-refractivity contribution in [3.63, 3.8) is 0 Å². The maximum atomic E-state index is 14.0. The van der Waals surface area contributed by atoms with Crippen LogP contribution in [0.1, 0.15) is 35.1 Å².